The maximum atomic E-state index is 12.1. The number of ether oxygens (including phenoxy) is 1. The van der Waals surface area contributed by atoms with Gasteiger partial charge in [-0.25, -0.2) is 4.79 Å². The summed E-state index contributed by atoms with van der Waals surface area (Å²) in [6.07, 6.45) is 0.590. The highest BCUT2D eigenvalue weighted by Gasteiger charge is 2.71. The van der Waals surface area contributed by atoms with E-state index in [9.17, 15) is 4.79 Å². The van der Waals surface area contributed by atoms with Crippen molar-refractivity contribution in [2.45, 2.75) is 95.6 Å². The third kappa shape index (κ3) is 9.89. The van der Waals surface area contributed by atoms with Crippen LogP contribution in [0.3, 0.4) is 0 Å². The Morgan fingerprint density at radius 3 is 1.67 bits per heavy atom. The van der Waals surface area contributed by atoms with E-state index in [0.717, 1.165) is 12.0 Å². The minimum atomic E-state index is -0.550. The van der Waals surface area contributed by atoms with Crippen molar-refractivity contribution < 1.29 is 9.53 Å². The molecule has 0 amide bonds. The smallest absolute Gasteiger partial charge is 0.358 e. The summed E-state index contributed by atoms with van der Waals surface area (Å²) in [7, 11) is 0. The summed E-state index contributed by atoms with van der Waals surface area (Å²) in [5, 5.41) is 0. The Kier molecular flexibility index (Phi) is 11.7. The largest absolute Gasteiger partial charge is 0.454 e. The van der Waals surface area contributed by atoms with E-state index in [4.69, 9.17) is 4.74 Å². The van der Waals surface area contributed by atoms with Crippen molar-refractivity contribution in [3.05, 3.63) is 42.3 Å². The first-order valence-corrected chi connectivity index (χ1v) is 10.4. The second-order valence-corrected chi connectivity index (χ2v) is 9.10. The fourth-order valence-corrected chi connectivity index (χ4v) is 2.24. The van der Waals surface area contributed by atoms with Crippen LogP contribution in [0.4, 0.5) is 0 Å². The van der Waals surface area contributed by atoms with Crippen LogP contribution in [0, 0.1) is 30.1 Å². The van der Waals surface area contributed by atoms with E-state index < -0.39 is 5.41 Å². The van der Waals surface area contributed by atoms with Crippen molar-refractivity contribution in [1.29, 1.82) is 0 Å². The molecule has 1 aromatic carbocycles. The first kappa shape index (κ1) is 27.8. The van der Waals surface area contributed by atoms with Crippen molar-refractivity contribution in [2.24, 2.45) is 16.2 Å². The predicted molar refractivity (Wildman–Crippen MR) is 120 cm³/mol. The van der Waals surface area contributed by atoms with Crippen LogP contribution in [-0.4, -0.2) is 5.97 Å². The molecule has 0 heterocycles. The SMILES string of the molecule is CC.CC.CC(C)(C)C.[CH2+]C1(C(=O)OC(C)c2ccc(C)cc2)CC1(C)C. The van der Waals surface area contributed by atoms with Gasteiger partial charge in [0.15, 0.2) is 0 Å². The van der Waals surface area contributed by atoms with E-state index in [-0.39, 0.29) is 17.5 Å². The molecule has 1 aliphatic carbocycles. The van der Waals surface area contributed by atoms with Crippen molar-refractivity contribution in [3.63, 3.8) is 0 Å². The average molecular weight is 378 g/mol. The summed E-state index contributed by atoms with van der Waals surface area (Å²) in [6.45, 7) is 28.8. The molecule has 0 saturated heterocycles. The Bertz CT molecular complexity index is 528. The molecule has 1 fully saturated rings. The van der Waals surface area contributed by atoms with Crippen LogP contribution in [0.1, 0.15) is 99.8 Å². The van der Waals surface area contributed by atoms with Crippen LogP contribution in [0.2, 0.25) is 0 Å². The zero-order valence-electron chi connectivity index (χ0n) is 20.1. The van der Waals surface area contributed by atoms with Crippen molar-refractivity contribution >= 4 is 5.97 Å². The van der Waals surface area contributed by atoms with Gasteiger partial charge in [-0.3, -0.25) is 0 Å². The van der Waals surface area contributed by atoms with Crippen molar-refractivity contribution in [2.75, 3.05) is 0 Å². The van der Waals surface area contributed by atoms with E-state index in [0.29, 0.717) is 5.41 Å². The quantitative estimate of drug-likeness (QED) is 0.394. The lowest BCUT2D eigenvalue weighted by atomic mass is 9.98. The van der Waals surface area contributed by atoms with E-state index in [2.05, 4.69) is 48.5 Å². The van der Waals surface area contributed by atoms with Gasteiger partial charge in [-0.1, -0.05) is 99.1 Å². The van der Waals surface area contributed by atoms with Gasteiger partial charge in [0.05, 0.1) is 6.92 Å². The lowest BCUT2D eigenvalue weighted by Gasteiger charge is -2.16. The van der Waals surface area contributed by atoms with Crippen LogP contribution in [0.25, 0.3) is 0 Å². The van der Waals surface area contributed by atoms with Gasteiger partial charge in [-0.05, 0) is 24.8 Å². The van der Waals surface area contributed by atoms with Crippen LogP contribution >= 0.6 is 0 Å². The van der Waals surface area contributed by atoms with Gasteiger partial charge < -0.3 is 4.74 Å². The molecule has 2 heteroatoms. The highest BCUT2D eigenvalue weighted by Crippen LogP contribution is 2.63. The Labute approximate surface area is 170 Å². The lowest BCUT2D eigenvalue weighted by molar-refractivity contribution is -0.154. The van der Waals surface area contributed by atoms with Gasteiger partial charge >= 0.3 is 5.97 Å². The zero-order valence-corrected chi connectivity index (χ0v) is 20.1. The molecule has 1 aromatic rings. The topological polar surface area (TPSA) is 26.3 Å². The number of benzene rings is 1. The van der Waals surface area contributed by atoms with Crippen LogP contribution in [-0.2, 0) is 9.53 Å². The number of aryl methyl sites for hydroxylation is 1. The van der Waals surface area contributed by atoms with Gasteiger partial charge in [0.1, 0.15) is 6.10 Å². The zero-order chi connectivity index (χ0) is 22.1. The van der Waals surface area contributed by atoms with Gasteiger partial charge in [0.2, 0.25) is 5.41 Å². The van der Waals surface area contributed by atoms with Crippen molar-refractivity contribution in [3.8, 4) is 0 Å². The Balaban J connectivity index is 0. The van der Waals surface area contributed by atoms with Crippen LogP contribution in [0.15, 0.2) is 24.3 Å². The second kappa shape index (κ2) is 11.4. The third-order valence-corrected chi connectivity index (χ3v) is 4.14. The summed E-state index contributed by atoms with van der Waals surface area (Å²) in [5.41, 5.74) is 2.15. The number of rotatable bonds is 3. The third-order valence-electron chi connectivity index (χ3n) is 4.14. The van der Waals surface area contributed by atoms with Gasteiger partial charge in [-0.15, -0.1) is 0 Å². The van der Waals surface area contributed by atoms with Gasteiger partial charge in [0.25, 0.3) is 0 Å². The van der Waals surface area contributed by atoms with Crippen LogP contribution < -0.4 is 0 Å². The average Bonchev–Trinajstić information content (AvgIpc) is 3.10. The normalized spacial score (nSPS) is 20.3. The van der Waals surface area contributed by atoms with E-state index in [1.165, 1.54) is 5.56 Å². The molecular weight excluding hydrogens is 332 g/mol. The lowest BCUT2D eigenvalue weighted by Crippen LogP contribution is -2.22. The van der Waals surface area contributed by atoms with Gasteiger partial charge in [-0.2, -0.15) is 0 Å². The number of esters is 1. The van der Waals surface area contributed by atoms with Crippen LogP contribution in [0.5, 0.6) is 0 Å². The fraction of sp³-hybridized carbons (Fsp3) is 0.680. The minimum absolute atomic E-state index is 0.0307. The first-order valence-electron chi connectivity index (χ1n) is 10.4. The Morgan fingerprint density at radius 2 is 1.37 bits per heavy atom. The minimum Gasteiger partial charge on any atom is -0.454 e. The molecule has 2 unspecified atom stereocenters. The summed E-state index contributed by atoms with van der Waals surface area (Å²) in [5.74, 6) is -0.180. The molecule has 0 aliphatic heterocycles. The van der Waals surface area contributed by atoms with E-state index >= 15 is 0 Å². The molecule has 0 radical (unpaired) electrons. The molecule has 27 heavy (non-hydrogen) atoms. The molecule has 2 rings (SSSR count). The standard InChI is InChI=1S/C16H21O2.C5H12.2C2H6/c1-11-6-8-13(9-7-11)12(2)18-14(17)16(5)10-15(16,3)4;1-5(2,3)4;2*1-2/h6-9,12H,5,10H2,1-4H3;1-4H3;2*1-2H3/q+1;;;. The Morgan fingerprint density at radius 1 is 1.04 bits per heavy atom. The predicted octanol–water partition coefficient (Wildman–Crippen LogP) is 7.95. The molecule has 1 saturated carbocycles. The molecule has 2 atom stereocenters. The second-order valence-electron chi connectivity index (χ2n) is 9.10. The molecule has 2 nitrogen and oxygen atoms in total. The molecule has 156 valence electrons. The summed E-state index contributed by atoms with van der Waals surface area (Å²) < 4.78 is 5.54. The van der Waals surface area contributed by atoms with Gasteiger partial charge in [0, 0.05) is 11.8 Å². The number of carbonyl (C=O) groups is 1. The highest BCUT2D eigenvalue weighted by atomic mass is 16.5. The molecule has 0 bridgehead atoms. The van der Waals surface area contributed by atoms with Crippen molar-refractivity contribution in [1.82, 2.24) is 0 Å². The van der Waals surface area contributed by atoms with E-state index in [1.54, 1.807) is 0 Å². The summed E-state index contributed by atoms with van der Waals surface area (Å²) in [4.78, 5) is 12.1. The monoisotopic (exact) mass is 377 g/mol. The summed E-state index contributed by atoms with van der Waals surface area (Å²) >= 11 is 0. The molecular formula is C25H45O2+. The number of hydrogen-bond donors (Lipinski definition) is 0. The molecule has 0 aromatic heterocycles. The molecule has 1 aliphatic rings. The number of carbonyl (C=O) groups excluding carboxylic acids is 1. The highest BCUT2D eigenvalue weighted by molar-refractivity contribution is 5.82. The maximum Gasteiger partial charge on any atom is 0.358 e. The fourth-order valence-electron chi connectivity index (χ4n) is 2.24. The summed E-state index contributed by atoms with van der Waals surface area (Å²) in [6, 6.07) is 8.06. The van der Waals surface area contributed by atoms with E-state index in [1.807, 2.05) is 65.8 Å². The molecule has 0 N–H and O–H groups in total. The number of hydrogen-bond acceptors (Lipinski definition) is 2. The first-order chi connectivity index (χ1) is 12.3. The maximum absolute atomic E-state index is 12.1. The Hall–Kier alpha value is -1.44. The molecule has 0 spiro atoms.